The molecule has 0 N–H and O–H groups in total. The van der Waals surface area contributed by atoms with Crippen molar-refractivity contribution in [3.05, 3.63) is 72.0 Å². The molecule has 2 heterocycles. The van der Waals surface area contributed by atoms with Gasteiger partial charge in [0.25, 0.3) is 0 Å². The van der Waals surface area contributed by atoms with Gasteiger partial charge in [0.15, 0.2) is 11.5 Å². The van der Waals surface area contributed by atoms with Gasteiger partial charge < -0.3 is 9.47 Å². The Morgan fingerprint density at radius 3 is 2.70 bits per heavy atom. The molecule has 0 atom stereocenters. The van der Waals surface area contributed by atoms with Crippen LogP contribution in [0.3, 0.4) is 0 Å². The van der Waals surface area contributed by atoms with Gasteiger partial charge in [0.1, 0.15) is 11.6 Å². The van der Waals surface area contributed by atoms with E-state index in [1.807, 2.05) is 0 Å². The van der Waals surface area contributed by atoms with E-state index in [0.29, 0.717) is 17.0 Å². The summed E-state index contributed by atoms with van der Waals surface area (Å²) in [4.78, 5) is 11.6. The summed E-state index contributed by atoms with van der Waals surface area (Å²) >= 11 is 0. The minimum atomic E-state index is -0.468. The zero-order valence-corrected chi connectivity index (χ0v) is 14.2. The second kappa shape index (κ2) is 6.83. The number of ether oxygens (including phenoxy) is 2. The van der Waals surface area contributed by atoms with E-state index >= 15 is 0 Å². The highest BCUT2D eigenvalue weighted by atomic mass is 19.1. The van der Waals surface area contributed by atoms with Crippen molar-refractivity contribution in [1.29, 1.82) is 0 Å². The molecule has 2 aromatic carbocycles. The Labute approximate surface area is 153 Å². The number of hydrogen-bond donors (Lipinski definition) is 0. The number of aromatic nitrogens is 4. The summed E-state index contributed by atoms with van der Waals surface area (Å²) in [6, 6.07) is 16.0. The van der Waals surface area contributed by atoms with Gasteiger partial charge in [-0.2, -0.15) is 4.52 Å². The maximum absolute atomic E-state index is 14.1. The molecule has 4 aromatic rings. The van der Waals surface area contributed by atoms with Crippen LogP contribution in [-0.2, 0) is 4.74 Å². The van der Waals surface area contributed by atoms with Crippen LogP contribution in [0.2, 0.25) is 0 Å². The van der Waals surface area contributed by atoms with Gasteiger partial charge in [-0.3, -0.25) is 0 Å². The van der Waals surface area contributed by atoms with Gasteiger partial charge in [0.05, 0.1) is 18.2 Å². The van der Waals surface area contributed by atoms with Crippen molar-refractivity contribution in [2.45, 2.75) is 0 Å². The lowest BCUT2D eigenvalue weighted by atomic mass is 10.2. The van der Waals surface area contributed by atoms with Crippen molar-refractivity contribution in [3.63, 3.8) is 0 Å². The van der Waals surface area contributed by atoms with E-state index in [4.69, 9.17) is 9.47 Å². The third-order valence-corrected chi connectivity index (χ3v) is 3.83. The molecule has 0 aliphatic carbocycles. The summed E-state index contributed by atoms with van der Waals surface area (Å²) in [7, 11) is 1.31. The first-order chi connectivity index (χ1) is 13.2. The Morgan fingerprint density at radius 1 is 1.04 bits per heavy atom. The molecule has 0 fully saturated rings. The van der Waals surface area contributed by atoms with Crippen LogP contribution in [-0.4, -0.2) is 32.9 Å². The summed E-state index contributed by atoms with van der Waals surface area (Å²) in [5, 5.41) is 12.3. The van der Waals surface area contributed by atoms with E-state index < -0.39 is 11.8 Å². The number of rotatable bonds is 4. The zero-order chi connectivity index (χ0) is 18.8. The van der Waals surface area contributed by atoms with E-state index in [-0.39, 0.29) is 17.3 Å². The Bertz CT molecular complexity index is 1140. The molecule has 2 aromatic heterocycles. The minimum absolute atomic E-state index is 0.238. The molecule has 8 heteroatoms. The van der Waals surface area contributed by atoms with Gasteiger partial charge in [0.2, 0.25) is 5.88 Å². The van der Waals surface area contributed by atoms with Crippen molar-refractivity contribution in [2.24, 2.45) is 0 Å². The molecule has 0 amide bonds. The molecule has 134 valence electrons. The lowest BCUT2D eigenvalue weighted by Gasteiger charge is -2.07. The second-order valence-electron chi connectivity index (χ2n) is 5.57. The monoisotopic (exact) mass is 364 g/mol. The number of carbonyl (C=O) groups excluding carboxylic acids is 1. The lowest BCUT2D eigenvalue weighted by molar-refractivity contribution is 0.0600. The van der Waals surface area contributed by atoms with Crippen molar-refractivity contribution >= 4 is 11.6 Å². The number of fused-ring (bicyclic) bond motifs is 1. The third kappa shape index (κ3) is 3.20. The zero-order valence-electron chi connectivity index (χ0n) is 14.2. The number of carbonyl (C=O) groups is 1. The number of halogens is 1. The maximum atomic E-state index is 14.1. The van der Waals surface area contributed by atoms with Crippen LogP contribution in [0, 0.1) is 5.82 Å². The van der Waals surface area contributed by atoms with Crippen LogP contribution < -0.4 is 4.74 Å². The summed E-state index contributed by atoms with van der Waals surface area (Å²) in [5.41, 5.74) is 1.08. The number of esters is 1. The molecule has 0 aliphatic rings. The molecule has 0 bridgehead atoms. The number of benzene rings is 2. The summed E-state index contributed by atoms with van der Waals surface area (Å²) in [6.45, 7) is 0. The fourth-order valence-corrected chi connectivity index (χ4v) is 2.56. The van der Waals surface area contributed by atoms with Crippen LogP contribution in [0.4, 0.5) is 4.39 Å². The largest absolute Gasteiger partial charge is 0.465 e. The number of hydrogen-bond acceptors (Lipinski definition) is 6. The highest BCUT2D eigenvalue weighted by Crippen LogP contribution is 2.24. The minimum Gasteiger partial charge on any atom is -0.465 e. The summed E-state index contributed by atoms with van der Waals surface area (Å²) in [6.07, 6.45) is 0. The van der Waals surface area contributed by atoms with Gasteiger partial charge in [0, 0.05) is 6.07 Å². The quantitative estimate of drug-likeness (QED) is 0.516. The first-order valence-electron chi connectivity index (χ1n) is 7.99. The molecule has 0 spiro atoms. The standard InChI is InChI=1S/C19H13FN4O3/c1-26-19(25)12-5-4-6-13(11-12)27-17-10-9-16-21-22-18(24(16)23-17)14-7-2-3-8-15(14)20/h2-11H,1H3. The fourth-order valence-electron chi connectivity index (χ4n) is 2.56. The average molecular weight is 364 g/mol. The van der Waals surface area contributed by atoms with E-state index in [0.717, 1.165) is 0 Å². The fraction of sp³-hybridized carbons (Fsp3) is 0.0526. The molecule has 0 saturated carbocycles. The van der Waals surface area contributed by atoms with Gasteiger partial charge in [-0.05, 0) is 36.4 Å². The van der Waals surface area contributed by atoms with E-state index in [9.17, 15) is 9.18 Å². The number of nitrogens with zero attached hydrogens (tertiary/aromatic N) is 4. The van der Waals surface area contributed by atoms with Crippen molar-refractivity contribution in [2.75, 3.05) is 7.11 Å². The molecule has 0 saturated heterocycles. The highest BCUT2D eigenvalue weighted by Gasteiger charge is 2.14. The van der Waals surface area contributed by atoms with Crippen molar-refractivity contribution in [3.8, 4) is 23.0 Å². The van der Waals surface area contributed by atoms with Crippen LogP contribution in [0.25, 0.3) is 17.0 Å². The van der Waals surface area contributed by atoms with Crippen LogP contribution in [0.1, 0.15) is 10.4 Å². The van der Waals surface area contributed by atoms with Gasteiger partial charge in [-0.1, -0.05) is 18.2 Å². The van der Waals surface area contributed by atoms with Crippen LogP contribution in [0.5, 0.6) is 11.6 Å². The van der Waals surface area contributed by atoms with E-state index in [2.05, 4.69) is 15.3 Å². The van der Waals surface area contributed by atoms with Gasteiger partial charge in [-0.25, -0.2) is 9.18 Å². The predicted octanol–water partition coefficient (Wildman–Crippen LogP) is 3.51. The van der Waals surface area contributed by atoms with Crippen LogP contribution >= 0.6 is 0 Å². The SMILES string of the molecule is COC(=O)c1cccc(Oc2ccc3nnc(-c4ccccc4F)n3n2)c1. The molecule has 0 aliphatic heterocycles. The van der Waals surface area contributed by atoms with Crippen LogP contribution in [0.15, 0.2) is 60.7 Å². The Balaban J connectivity index is 1.71. The Hall–Kier alpha value is -3.81. The van der Waals surface area contributed by atoms with Gasteiger partial charge >= 0.3 is 5.97 Å². The molecule has 4 rings (SSSR count). The first kappa shape index (κ1) is 16.6. The summed E-state index contributed by atoms with van der Waals surface area (Å²) in [5.74, 6) is 0.0132. The topological polar surface area (TPSA) is 78.6 Å². The summed E-state index contributed by atoms with van der Waals surface area (Å²) < 4.78 is 25.9. The van der Waals surface area contributed by atoms with Crippen molar-refractivity contribution in [1.82, 2.24) is 19.8 Å². The smallest absolute Gasteiger partial charge is 0.337 e. The average Bonchev–Trinajstić information content (AvgIpc) is 3.11. The molecular weight excluding hydrogens is 351 g/mol. The molecule has 27 heavy (non-hydrogen) atoms. The molecule has 0 radical (unpaired) electrons. The van der Waals surface area contributed by atoms with Crippen molar-refractivity contribution < 1.29 is 18.7 Å². The van der Waals surface area contributed by atoms with E-state index in [1.54, 1.807) is 54.6 Å². The third-order valence-electron chi connectivity index (χ3n) is 3.83. The molecule has 0 unspecified atom stereocenters. The second-order valence-corrected chi connectivity index (χ2v) is 5.57. The number of methoxy groups -OCH3 is 1. The molecular formula is C19H13FN4O3. The maximum Gasteiger partial charge on any atom is 0.337 e. The Kier molecular flexibility index (Phi) is 4.21. The highest BCUT2D eigenvalue weighted by molar-refractivity contribution is 5.89. The predicted molar refractivity (Wildman–Crippen MR) is 94.0 cm³/mol. The first-order valence-corrected chi connectivity index (χ1v) is 7.99. The lowest BCUT2D eigenvalue weighted by Crippen LogP contribution is -2.02. The van der Waals surface area contributed by atoms with E-state index in [1.165, 1.54) is 17.7 Å². The normalized spacial score (nSPS) is 10.7. The van der Waals surface area contributed by atoms with Gasteiger partial charge in [-0.15, -0.1) is 15.3 Å². The molecule has 7 nitrogen and oxygen atoms in total. The Morgan fingerprint density at radius 2 is 1.89 bits per heavy atom.